The first-order valence-electron chi connectivity index (χ1n) is 21.2. The molecule has 1 aliphatic heterocycles. The van der Waals surface area contributed by atoms with Crippen LogP contribution < -0.4 is 4.74 Å². The van der Waals surface area contributed by atoms with Gasteiger partial charge in [0.1, 0.15) is 42.9 Å². The SMILES string of the molecule is Cc1ccc(C2OC(COCc3ccccc3)C(OCc3ccccc3)C(OCc3ccccc3)C2OCc2ccccc2)cc1Cc1ccc(OCc2ccccc2)cc1. The molecule has 8 rings (SSSR count). The number of hydrogen-bond donors (Lipinski definition) is 0. The van der Waals surface area contributed by atoms with Crippen molar-refractivity contribution >= 4 is 0 Å². The lowest BCUT2D eigenvalue weighted by atomic mass is 9.88. The molecule has 7 aromatic carbocycles. The minimum Gasteiger partial charge on any atom is -0.489 e. The summed E-state index contributed by atoms with van der Waals surface area (Å²) in [6.07, 6.45) is -1.75. The van der Waals surface area contributed by atoms with Crippen molar-refractivity contribution < 1.29 is 28.4 Å². The molecule has 0 aliphatic carbocycles. The molecular weight excluding hydrogens is 757 g/mol. The molecule has 0 aromatic heterocycles. The first kappa shape index (κ1) is 41.9. The molecule has 0 amide bonds. The van der Waals surface area contributed by atoms with E-state index in [1.807, 2.05) is 91.0 Å². The Hall–Kier alpha value is -5.86. The lowest BCUT2D eigenvalue weighted by Crippen LogP contribution is -2.58. The summed E-state index contributed by atoms with van der Waals surface area (Å²) in [4.78, 5) is 0. The third-order valence-corrected chi connectivity index (χ3v) is 11.2. The van der Waals surface area contributed by atoms with Crippen LogP contribution in [0.3, 0.4) is 0 Å². The van der Waals surface area contributed by atoms with E-state index in [0.29, 0.717) is 39.6 Å². The van der Waals surface area contributed by atoms with E-state index in [1.165, 1.54) is 16.7 Å². The molecule has 7 aromatic rings. The molecule has 0 bridgehead atoms. The van der Waals surface area contributed by atoms with E-state index in [1.54, 1.807) is 0 Å². The molecular formula is C55H54O6. The average molecular weight is 811 g/mol. The lowest BCUT2D eigenvalue weighted by Gasteiger charge is -2.46. The maximum atomic E-state index is 7.25. The van der Waals surface area contributed by atoms with E-state index in [9.17, 15) is 0 Å². The Morgan fingerprint density at radius 3 is 1.41 bits per heavy atom. The normalized spacial score (nSPS) is 18.7. The van der Waals surface area contributed by atoms with Gasteiger partial charge >= 0.3 is 0 Å². The molecule has 1 aliphatic rings. The van der Waals surface area contributed by atoms with Gasteiger partial charge in [0.15, 0.2) is 0 Å². The van der Waals surface area contributed by atoms with Crippen molar-refractivity contribution in [2.75, 3.05) is 6.61 Å². The fourth-order valence-corrected chi connectivity index (χ4v) is 7.78. The van der Waals surface area contributed by atoms with E-state index in [4.69, 9.17) is 28.4 Å². The largest absolute Gasteiger partial charge is 0.489 e. The zero-order chi connectivity index (χ0) is 41.5. The molecule has 5 atom stereocenters. The number of aryl methyl sites for hydroxylation is 1. The van der Waals surface area contributed by atoms with Crippen molar-refractivity contribution in [2.24, 2.45) is 0 Å². The van der Waals surface area contributed by atoms with Crippen molar-refractivity contribution in [3.05, 3.63) is 244 Å². The molecule has 1 saturated heterocycles. The Balaban J connectivity index is 1.11. The molecule has 6 nitrogen and oxygen atoms in total. The summed E-state index contributed by atoms with van der Waals surface area (Å²) in [5.41, 5.74) is 10.1. The Morgan fingerprint density at radius 2 is 0.885 bits per heavy atom. The van der Waals surface area contributed by atoms with Crippen LogP contribution in [0.15, 0.2) is 194 Å². The van der Waals surface area contributed by atoms with Gasteiger partial charge in [-0.2, -0.15) is 0 Å². The van der Waals surface area contributed by atoms with Crippen LogP contribution in [0.5, 0.6) is 5.75 Å². The Kier molecular flexibility index (Phi) is 14.8. The summed E-state index contributed by atoms with van der Waals surface area (Å²) < 4.78 is 40.8. The molecule has 0 spiro atoms. The Bertz CT molecular complexity index is 2320. The van der Waals surface area contributed by atoms with Gasteiger partial charge in [0, 0.05) is 0 Å². The molecule has 0 N–H and O–H groups in total. The van der Waals surface area contributed by atoms with Gasteiger partial charge < -0.3 is 28.4 Å². The highest BCUT2D eigenvalue weighted by Gasteiger charge is 2.49. The van der Waals surface area contributed by atoms with Crippen LogP contribution in [-0.4, -0.2) is 31.0 Å². The quantitative estimate of drug-likeness (QED) is 0.0811. The molecule has 0 radical (unpaired) electrons. The number of benzene rings is 7. The highest BCUT2D eigenvalue weighted by atomic mass is 16.6. The third kappa shape index (κ3) is 11.9. The highest BCUT2D eigenvalue weighted by Crippen LogP contribution is 2.39. The Labute approximate surface area is 360 Å². The van der Waals surface area contributed by atoms with Crippen molar-refractivity contribution in [3.63, 3.8) is 0 Å². The van der Waals surface area contributed by atoms with Gasteiger partial charge in [0.25, 0.3) is 0 Å². The van der Waals surface area contributed by atoms with Crippen LogP contribution >= 0.6 is 0 Å². The van der Waals surface area contributed by atoms with E-state index in [2.05, 4.69) is 110 Å². The number of hydrogen-bond acceptors (Lipinski definition) is 6. The molecule has 6 heteroatoms. The molecule has 1 fully saturated rings. The number of rotatable bonds is 19. The second-order valence-corrected chi connectivity index (χ2v) is 15.7. The molecule has 1 heterocycles. The van der Waals surface area contributed by atoms with Crippen LogP contribution in [0, 0.1) is 6.92 Å². The van der Waals surface area contributed by atoms with Gasteiger partial charge in [0.2, 0.25) is 0 Å². The van der Waals surface area contributed by atoms with Gasteiger partial charge in [-0.15, -0.1) is 0 Å². The average Bonchev–Trinajstić information content (AvgIpc) is 3.32. The maximum Gasteiger partial charge on any atom is 0.119 e. The highest BCUT2D eigenvalue weighted by molar-refractivity contribution is 5.39. The predicted octanol–water partition coefficient (Wildman–Crippen LogP) is 11.6. The van der Waals surface area contributed by atoms with Crippen molar-refractivity contribution in [3.8, 4) is 5.75 Å². The van der Waals surface area contributed by atoms with Gasteiger partial charge in [-0.3, -0.25) is 0 Å². The summed E-state index contributed by atoms with van der Waals surface area (Å²) in [6.45, 7) is 4.61. The maximum absolute atomic E-state index is 7.25. The van der Waals surface area contributed by atoms with E-state index < -0.39 is 30.5 Å². The lowest BCUT2D eigenvalue weighted by molar-refractivity contribution is -0.275. The van der Waals surface area contributed by atoms with Crippen LogP contribution in [0.2, 0.25) is 0 Å². The van der Waals surface area contributed by atoms with Crippen molar-refractivity contribution in [1.29, 1.82) is 0 Å². The topological polar surface area (TPSA) is 55.4 Å². The number of ether oxygens (including phenoxy) is 6. The Morgan fingerprint density at radius 1 is 0.426 bits per heavy atom. The standard InChI is InChI=1S/C55H54O6/c1-41-27-30-48(34-49(41)33-42-28-31-50(32-29-42)57-36-44-19-9-3-10-20-44)52-54(59-38-46-23-13-5-14-24-46)55(60-39-47-25-15-6-16-26-47)53(58-37-45-21-11-4-12-22-45)51(61-52)40-56-35-43-17-7-2-8-18-43/h2-32,34,51-55H,33,35-40H2,1H3. The predicted molar refractivity (Wildman–Crippen MR) is 240 cm³/mol. The second-order valence-electron chi connectivity index (χ2n) is 15.7. The summed E-state index contributed by atoms with van der Waals surface area (Å²) >= 11 is 0. The van der Waals surface area contributed by atoms with Crippen LogP contribution in [-0.2, 0) is 63.1 Å². The fraction of sp³-hybridized carbons (Fsp3) is 0.236. The van der Waals surface area contributed by atoms with Crippen molar-refractivity contribution in [2.45, 2.75) is 76.9 Å². The van der Waals surface area contributed by atoms with Crippen LogP contribution in [0.25, 0.3) is 0 Å². The molecule has 5 unspecified atom stereocenters. The molecule has 61 heavy (non-hydrogen) atoms. The van der Waals surface area contributed by atoms with Gasteiger partial charge in [-0.05, 0) is 75.5 Å². The monoisotopic (exact) mass is 810 g/mol. The van der Waals surface area contributed by atoms with E-state index >= 15 is 0 Å². The smallest absolute Gasteiger partial charge is 0.119 e. The van der Waals surface area contributed by atoms with Gasteiger partial charge in [0.05, 0.1) is 33.0 Å². The van der Waals surface area contributed by atoms with E-state index in [0.717, 1.165) is 45.6 Å². The van der Waals surface area contributed by atoms with Crippen molar-refractivity contribution in [1.82, 2.24) is 0 Å². The van der Waals surface area contributed by atoms with E-state index in [-0.39, 0.29) is 0 Å². The van der Waals surface area contributed by atoms with Crippen LogP contribution in [0.4, 0.5) is 0 Å². The molecule has 310 valence electrons. The summed E-state index contributed by atoms with van der Waals surface area (Å²) in [5.74, 6) is 0.846. The van der Waals surface area contributed by atoms with Gasteiger partial charge in [-0.1, -0.05) is 182 Å². The zero-order valence-electron chi connectivity index (χ0n) is 34.8. The minimum absolute atomic E-state index is 0.304. The minimum atomic E-state index is -0.522. The zero-order valence-corrected chi connectivity index (χ0v) is 34.8. The third-order valence-electron chi connectivity index (χ3n) is 11.2. The fourth-order valence-electron chi connectivity index (χ4n) is 7.78. The molecule has 0 saturated carbocycles. The summed E-state index contributed by atoms with van der Waals surface area (Å²) in [7, 11) is 0. The summed E-state index contributed by atoms with van der Waals surface area (Å²) in [5, 5.41) is 0. The first-order chi connectivity index (χ1) is 30.1. The van der Waals surface area contributed by atoms with Gasteiger partial charge in [-0.25, -0.2) is 0 Å². The van der Waals surface area contributed by atoms with Crippen LogP contribution in [0.1, 0.15) is 56.2 Å². The second kappa shape index (κ2) is 21.6. The first-order valence-corrected chi connectivity index (χ1v) is 21.2. The summed E-state index contributed by atoms with van der Waals surface area (Å²) in [6, 6.07) is 66.3.